The van der Waals surface area contributed by atoms with Gasteiger partial charge in [0, 0.05) is 0 Å². The summed E-state index contributed by atoms with van der Waals surface area (Å²) in [5, 5.41) is 16.4. The molecule has 0 atom stereocenters. The minimum Gasteiger partial charge on any atom is -0.537 e. The zero-order chi connectivity index (χ0) is 22.2. The Labute approximate surface area is 193 Å². The molecule has 0 amide bonds. The fourth-order valence-electron chi connectivity index (χ4n) is 4.96. The van der Waals surface area contributed by atoms with Gasteiger partial charge in [-0.25, -0.2) is 0 Å². The van der Waals surface area contributed by atoms with Crippen molar-refractivity contribution in [2.75, 3.05) is 0 Å². The van der Waals surface area contributed by atoms with Gasteiger partial charge in [0.15, 0.2) is 0 Å². The summed E-state index contributed by atoms with van der Waals surface area (Å²) in [5.41, 5.74) is 4.69. The van der Waals surface area contributed by atoms with Gasteiger partial charge in [0.05, 0.1) is 0 Å². The van der Waals surface area contributed by atoms with Crippen LogP contribution in [-0.2, 0) is 0 Å². The van der Waals surface area contributed by atoms with E-state index in [4.69, 9.17) is 9.68 Å². The van der Waals surface area contributed by atoms with Gasteiger partial charge in [-0.2, -0.15) is 0 Å². The Morgan fingerprint density at radius 2 is 1.06 bits per heavy atom. The molecule has 0 aliphatic heterocycles. The van der Waals surface area contributed by atoms with Gasteiger partial charge in [-0.3, -0.25) is 0 Å². The van der Waals surface area contributed by atoms with Crippen LogP contribution in [0.15, 0.2) is 115 Å². The molecule has 0 saturated carbocycles. The maximum Gasteiger partial charge on any atom is 0.569 e. The molecule has 0 aromatic heterocycles. The van der Waals surface area contributed by atoms with Crippen molar-refractivity contribution in [2.24, 2.45) is 0 Å². The molecule has 0 spiro atoms. The molecule has 6 aromatic carbocycles. The van der Waals surface area contributed by atoms with Crippen LogP contribution in [0.2, 0.25) is 0 Å². The molecule has 6 rings (SSSR count). The van der Waals surface area contributed by atoms with E-state index in [0.717, 1.165) is 18.8 Å². The minimum atomic E-state index is 0.598. The molecule has 0 aliphatic carbocycles. The van der Waals surface area contributed by atoms with Crippen molar-refractivity contribution in [1.29, 1.82) is 0 Å². The zero-order valence-corrected chi connectivity index (χ0v) is 17.9. The third kappa shape index (κ3) is 3.26. The largest absolute Gasteiger partial charge is 0.569 e. The minimum absolute atomic E-state index is 0.598. The van der Waals surface area contributed by atoms with E-state index in [-0.39, 0.29) is 0 Å². The van der Waals surface area contributed by atoms with E-state index in [1.807, 2.05) is 18.2 Å². The van der Waals surface area contributed by atoms with Crippen molar-refractivity contribution in [3.8, 4) is 28.0 Å². The summed E-state index contributed by atoms with van der Waals surface area (Å²) in [7, 11) is 0.721. The highest BCUT2D eigenvalue weighted by Crippen LogP contribution is 2.45. The lowest BCUT2D eigenvalue weighted by Crippen LogP contribution is -1.99. The van der Waals surface area contributed by atoms with Crippen LogP contribution in [0.1, 0.15) is 0 Å². The van der Waals surface area contributed by atoms with Gasteiger partial charge < -0.3 is 9.68 Å². The van der Waals surface area contributed by atoms with Crippen molar-refractivity contribution >= 4 is 40.0 Å². The molecule has 0 fully saturated rings. The van der Waals surface area contributed by atoms with Crippen molar-refractivity contribution < 1.29 is 9.68 Å². The van der Waals surface area contributed by atoms with Crippen molar-refractivity contribution in [3.63, 3.8) is 0 Å². The van der Waals surface area contributed by atoms with E-state index in [0.29, 0.717) is 5.75 Å². The summed E-state index contributed by atoms with van der Waals surface area (Å²) in [6, 6.07) is 40.2. The number of hydrogen-bond acceptors (Lipinski definition) is 2. The molecule has 1 N–H and O–H groups in total. The second-order valence-corrected chi connectivity index (χ2v) is 8.12. The summed E-state index contributed by atoms with van der Waals surface area (Å²) < 4.78 is 5.26. The topological polar surface area (TPSA) is 29.5 Å². The summed E-state index contributed by atoms with van der Waals surface area (Å²) in [5.74, 6) is 0.598. The van der Waals surface area contributed by atoms with E-state index in [2.05, 4.69) is 97.1 Å². The molecule has 3 heteroatoms. The van der Waals surface area contributed by atoms with Gasteiger partial charge in [-0.05, 0) is 66.7 Å². The average Bonchev–Trinajstić information content (AvgIpc) is 2.87. The van der Waals surface area contributed by atoms with Crippen LogP contribution in [0, 0.1) is 0 Å². The average molecular weight is 423 g/mol. The third-order valence-electron chi connectivity index (χ3n) is 6.30. The van der Waals surface area contributed by atoms with Crippen molar-refractivity contribution in [2.45, 2.75) is 0 Å². The molecular weight excluding hydrogens is 403 g/mol. The number of hydrogen-bond donors (Lipinski definition) is 1. The number of rotatable bonds is 4. The van der Waals surface area contributed by atoms with Gasteiger partial charge in [-0.15, -0.1) is 0 Å². The standard InChI is InChI=1S/C30H20BO2/c32-31-33-22-12-7-11-21(19-22)29-25-14-3-5-16-27(25)30(28-17-6-4-15-26(28)29)24-18-8-10-20-9-1-2-13-23(20)24/h1-19,32H. The highest BCUT2D eigenvalue weighted by atomic mass is 16.5. The van der Waals surface area contributed by atoms with E-state index < -0.39 is 0 Å². The molecular formula is C30H20BO2. The van der Waals surface area contributed by atoms with Crippen LogP contribution >= 0.6 is 0 Å². The first-order chi connectivity index (χ1) is 16.3. The predicted octanol–water partition coefficient (Wildman–Crippen LogP) is 7.39. The van der Waals surface area contributed by atoms with E-state index >= 15 is 0 Å². The van der Waals surface area contributed by atoms with Crippen LogP contribution < -0.4 is 4.65 Å². The van der Waals surface area contributed by atoms with E-state index in [9.17, 15) is 0 Å². The molecule has 0 aliphatic rings. The van der Waals surface area contributed by atoms with Gasteiger partial charge in [-0.1, -0.05) is 103 Å². The lowest BCUT2D eigenvalue weighted by molar-refractivity contribution is 0.454. The van der Waals surface area contributed by atoms with E-state index in [1.54, 1.807) is 0 Å². The number of benzene rings is 6. The van der Waals surface area contributed by atoms with Crippen LogP contribution in [0.4, 0.5) is 0 Å². The second kappa shape index (κ2) is 8.12. The maximum atomic E-state index is 9.13. The summed E-state index contributed by atoms with van der Waals surface area (Å²) in [6.07, 6.45) is 0. The summed E-state index contributed by atoms with van der Waals surface area (Å²) >= 11 is 0. The Balaban J connectivity index is 1.77. The van der Waals surface area contributed by atoms with Crippen LogP contribution in [0.5, 0.6) is 5.75 Å². The number of fused-ring (bicyclic) bond motifs is 3. The SMILES string of the molecule is O[B]Oc1cccc(-c2c3ccccc3c(-c3cccc4ccccc34)c3ccccc23)c1. The monoisotopic (exact) mass is 423 g/mol. The van der Waals surface area contributed by atoms with Gasteiger partial charge in [0.2, 0.25) is 0 Å². The van der Waals surface area contributed by atoms with Crippen molar-refractivity contribution in [1.82, 2.24) is 0 Å². The molecule has 0 bridgehead atoms. The molecule has 0 saturated heterocycles. The lowest BCUT2D eigenvalue weighted by atomic mass is 9.85. The highest BCUT2D eigenvalue weighted by Gasteiger charge is 2.17. The first kappa shape index (κ1) is 19.6. The van der Waals surface area contributed by atoms with Crippen LogP contribution in [0.25, 0.3) is 54.6 Å². The van der Waals surface area contributed by atoms with Crippen LogP contribution in [-0.4, -0.2) is 12.7 Å². The molecule has 33 heavy (non-hydrogen) atoms. The molecule has 1 radical (unpaired) electrons. The second-order valence-electron chi connectivity index (χ2n) is 8.12. The first-order valence-corrected chi connectivity index (χ1v) is 11.0. The van der Waals surface area contributed by atoms with E-state index in [1.165, 1.54) is 43.4 Å². The Morgan fingerprint density at radius 1 is 0.515 bits per heavy atom. The van der Waals surface area contributed by atoms with Gasteiger partial charge in [0.25, 0.3) is 0 Å². The smallest absolute Gasteiger partial charge is 0.537 e. The first-order valence-electron chi connectivity index (χ1n) is 11.0. The molecule has 6 aromatic rings. The molecule has 155 valence electrons. The third-order valence-corrected chi connectivity index (χ3v) is 6.30. The quantitative estimate of drug-likeness (QED) is 0.237. The molecule has 0 unspecified atom stereocenters. The summed E-state index contributed by atoms with van der Waals surface area (Å²) in [4.78, 5) is 0. The molecule has 2 nitrogen and oxygen atoms in total. The Kier molecular flexibility index (Phi) is 4.82. The van der Waals surface area contributed by atoms with Crippen LogP contribution in [0.3, 0.4) is 0 Å². The normalized spacial score (nSPS) is 11.2. The summed E-state index contributed by atoms with van der Waals surface area (Å²) in [6.45, 7) is 0. The fraction of sp³-hybridized carbons (Fsp3) is 0. The zero-order valence-electron chi connectivity index (χ0n) is 17.9. The Bertz CT molecular complexity index is 1580. The lowest BCUT2D eigenvalue weighted by Gasteiger charge is -2.19. The maximum absolute atomic E-state index is 9.13. The highest BCUT2D eigenvalue weighted by molar-refractivity contribution is 6.23. The Hall–Kier alpha value is -4.08. The fourth-order valence-corrected chi connectivity index (χ4v) is 4.96. The van der Waals surface area contributed by atoms with Crippen molar-refractivity contribution in [3.05, 3.63) is 115 Å². The van der Waals surface area contributed by atoms with Gasteiger partial charge >= 0.3 is 7.69 Å². The predicted molar refractivity (Wildman–Crippen MR) is 138 cm³/mol. The molecule has 0 heterocycles. The van der Waals surface area contributed by atoms with Gasteiger partial charge in [0.1, 0.15) is 5.75 Å². The Morgan fingerprint density at radius 3 is 1.73 bits per heavy atom.